The van der Waals surface area contributed by atoms with Crippen molar-refractivity contribution in [3.8, 4) is 11.5 Å². The van der Waals surface area contributed by atoms with Crippen molar-refractivity contribution in [1.29, 1.82) is 0 Å². The predicted octanol–water partition coefficient (Wildman–Crippen LogP) is 4.90. The summed E-state index contributed by atoms with van der Waals surface area (Å²) >= 11 is 1.72. The monoisotopic (exact) mass is 374 g/mol. The van der Waals surface area contributed by atoms with E-state index in [4.69, 9.17) is 9.47 Å². The minimum absolute atomic E-state index is 0.602. The Kier molecular flexibility index (Phi) is 7.84. The quantitative estimate of drug-likeness (QED) is 0.713. The zero-order chi connectivity index (χ0) is 18.0. The van der Waals surface area contributed by atoms with Crippen LogP contribution in [0.5, 0.6) is 11.5 Å². The lowest BCUT2D eigenvalue weighted by Crippen LogP contribution is -2.88. The molecular formula is C22H32NO2S+. The van der Waals surface area contributed by atoms with Crippen molar-refractivity contribution >= 4 is 11.3 Å². The first-order valence-corrected chi connectivity index (χ1v) is 11.0. The van der Waals surface area contributed by atoms with Crippen LogP contribution in [0.2, 0.25) is 0 Å². The first-order chi connectivity index (χ1) is 12.8. The summed E-state index contributed by atoms with van der Waals surface area (Å²) in [4.78, 5) is 1.23. The molecule has 142 valence electrons. The molecule has 0 bridgehead atoms. The molecule has 1 aliphatic rings. The van der Waals surface area contributed by atoms with Gasteiger partial charge in [0.2, 0.25) is 0 Å². The van der Waals surface area contributed by atoms with Gasteiger partial charge in [0.1, 0.15) is 13.2 Å². The Hall–Kier alpha value is -1.52. The zero-order valence-corrected chi connectivity index (χ0v) is 16.7. The molecule has 0 radical (unpaired) electrons. The van der Waals surface area contributed by atoms with Crippen molar-refractivity contribution < 1.29 is 14.8 Å². The molecule has 2 N–H and O–H groups in total. The van der Waals surface area contributed by atoms with E-state index < -0.39 is 0 Å². The average molecular weight is 375 g/mol. The van der Waals surface area contributed by atoms with E-state index in [9.17, 15) is 0 Å². The number of ether oxygens (including phenoxy) is 2. The Morgan fingerprint density at radius 1 is 1.00 bits per heavy atom. The van der Waals surface area contributed by atoms with Crippen LogP contribution in [-0.2, 0) is 13.2 Å². The number of rotatable bonds is 8. The van der Waals surface area contributed by atoms with Crippen molar-refractivity contribution in [3.63, 3.8) is 0 Å². The van der Waals surface area contributed by atoms with Crippen LogP contribution in [0.1, 0.15) is 62.3 Å². The molecule has 0 amide bonds. The molecule has 1 heterocycles. The summed E-state index contributed by atoms with van der Waals surface area (Å²) in [6.45, 7) is 4.31. The van der Waals surface area contributed by atoms with E-state index in [1.807, 2.05) is 6.92 Å². The number of nitrogens with two attached hydrogens (primary N) is 1. The van der Waals surface area contributed by atoms with E-state index in [2.05, 4.69) is 41.0 Å². The Bertz CT molecular complexity index is 634. The molecule has 0 atom stereocenters. The third kappa shape index (κ3) is 6.03. The van der Waals surface area contributed by atoms with E-state index >= 15 is 0 Å². The van der Waals surface area contributed by atoms with Crippen molar-refractivity contribution in [2.75, 3.05) is 6.61 Å². The highest BCUT2D eigenvalue weighted by Crippen LogP contribution is 2.29. The number of thiophene rings is 1. The van der Waals surface area contributed by atoms with Crippen molar-refractivity contribution in [1.82, 2.24) is 0 Å². The van der Waals surface area contributed by atoms with Crippen molar-refractivity contribution in [2.24, 2.45) is 0 Å². The Morgan fingerprint density at radius 3 is 2.54 bits per heavy atom. The molecule has 26 heavy (non-hydrogen) atoms. The highest BCUT2D eigenvalue weighted by molar-refractivity contribution is 7.09. The summed E-state index contributed by atoms with van der Waals surface area (Å²) in [6, 6.07) is 11.4. The van der Waals surface area contributed by atoms with Crippen LogP contribution in [0.15, 0.2) is 35.7 Å². The van der Waals surface area contributed by atoms with E-state index in [1.165, 1.54) is 55.4 Å². The number of hydrogen-bond donors (Lipinski definition) is 1. The van der Waals surface area contributed by atoms with Crippen molar-refractivity contribution in [2.45, 2.75) is 71.1 Å². The van der Waals surface area contributed by atoms with Gasteiger partial charge in [0.15, 0.2) is 11.5 Å². The lowest BCUT2D eigenvalue weighted by atomic mass is 9.96. The van der Waals surface area contributed by atoms with Gasteiger partial charge in [0.25, 0.3) is 0 Å². The maximum absolute atomic E-state index is 5.99. The normalized spacial score (nSPS) is 16.0. The fraction of sp³-hybridized carbons (Fsp3) is 0.545. The lowest BCUT2D eigenvalue weighted by Gasteiger charge is -2.19. The predicted molar refractivity (Wildman–Crippen MR) is 108 cm³/mol. The molecule has 1 aliphatic carbocycles. The van der Waals surface area contributed by atoms with Gasteiger partial charge in [-0.1, -0.05) is 25.3 Å². The van der Waals surface area contributed by atoms with Gasteiger partial charge in [-0.15, -0.1) is 11.3 Å². The molecule has 0 saturated heterocycles. The number of benzene rings is 1. The topological polar surface area (TPSA) is 35.1 Å². The summed E-state index contributed by atoms with van der Waals surface area (Å²) < 4.78 is 11.8. The van der Waals surface area contributed by atoms with Gasteiger partial charge in [-0.25, -0.2) is 0 Å². The van der Waals surface area contributed by atoms with E-state index in [-0.39, 0.29) is 0 Å². The highest BCUT2D eigenvalue weighted by Gasteiger charge is 2.15. The second kappa shape index (κ2) is 10.6. The van der Waals surface area contributed by atoms with Gasteiger partial charge in [0, 0.05) is 10.4 Å². The summed E-state index contributed by atoms with van der Waals surface area (Å²) in [5.74, 6) is 1.71. The van der Waals surface area contributed by atoms with Gasteiger partial charge >= 0.3 is 0 Å². The highest BCUT2D eigenvalue weighted by atomic mass is 32.1. The van der Waals surface area contributed by atoms with Gasteiger partial charge in [-0.3, -0.25) is 0 Å². The molecule has 1 fully saturated rings. The SMILES string of the molecule is CCOc1cc(C[NH2+]C2CCCCCCC2)ccc1OCc1cccs1. The Labute approximate surface area is 161 Å². The molecule has 1 aromatic carbocycles. The van der Waals surface area contributed by atoms with Crippen LogP contribution in [-0.4, -0.2) is 12.6 Å². The molecule has 4 heteroatoms. The molecular weight excluding hydrogens is 342 g/mol. The van der Waals surface area contributed by atoms with Crippen molar-refractivity contribution in [3.05, 3.63) is 46.2 Å². The average Bonchev–Trinajstić information content (AvgIpc) is 3.14. The van der Waals surface area contributed by atoms with E-state index in [0.717, 1.165) is 24.1 Å². The largest absolute Gasteiger partial charge is 0.490 e. The van der Waals surface area contributed by atoms with Gasteiger partial charge in [-0.2, -0.15) is 0 Å². The third-order valence-corrected chi connectivity index (χ3v) is 5.94. The third-order valence-electron chi connectivity index (χ3n) is 5.09. The summed E-state index contributed by atoms with van der Waals surface area (Å²) in [5.41, 5.74) is 1.32. The van der Waals surface area contributed by atoms with E-state index in [1.54, 1.807) is 11.3 Å². The van der Waals surface area contributed by atoms with Crippen LogP contribution in [0, 0.1) is 0 Å². The van der Waals surface area contributed by atoms with Crippen LogP contribution in [0.3, 0.4) is 0 Å². The lowest BCUT2D eigenvalue weighted by molar-refractivity contribution is -0.706. The first kappa shape index (κ1) is 19.2. The van der Waals surface area contributed by atoms with E-state index in [0.29, 0.717) is 13.2 Å². The standard InChI is InChI=1S/C22H31NO2S/c1-2-24-22-15-18(16-23-19-9-6-4-3-5-7-10-19)12-13-21(22)25-17-20-11-8-14-26-20/h8,11-15,19,23H,2-7,9-10,16-17H2,1H3/p+1. The summed E-state index contributed by atoms with van der Waals surface area (Å²) in [5, 5.41) is 4.61. The molecule has 1 aromatic heterocycles. The molecule has 0 spiro atoms. The maximum Gasteiger partial charge on any atom is 0.161 e. The first-order valence-electron chi connectivity index (χ1n) is 10.1. The van der Waals surface area contributed by atoms with Crippen LogP contribution >= 0.6 is 11.3 Å². The molecule has 0 unspecified atom stereocenters. The second-order valence-corrected chi connectivity index (χ2v) is 8.16. The Morgan fingerprint density at radius 2 is 1.81 bits per heavy atom. The van der Waals surface area contributed by atoms with Gasteiger partial charge < -0.3 is 14.8 Å². The zero-order valence-electron chi connectivity index (χ0n) is 15.9. The fourth-order valence-corrected chi connectivity index (χ4v) is 4.25. The summed E-state index contributed by atoms with van der Waals surface area (Å²) in [7, 11) is 0. The second-order valence-electron chi connectivity index (χ2n) is 7.13. The summed E-state index contributed by atoms with van der Waals surface area (Å²) in [6.07, 6.45) is 9.75. The van der Waals surface area contributed by atoms with Crippen LogP contribution in [0.25, 0.3) is 0 Å². The molecule has 2 aromatic rings. The number of hydrogen-bond acceptors (Lipinski definition) is 3. The number of quaternary nitrogens is 1. The maximum atomic E-state index is 5.99. The molecule has 3 nitrogen and oxygen atoms in total. The van der Waals surface area contributed by atoms with Gasteiger partial charge in [-0.05, 0) is 62.3 Å². The molecule has 0 aliphatic heterocycles. The molecule has 3 rings (SSSR count). The minimum atomic E-state index is 0.602. The minimum Gasteiger partial charge on any atom is -0.490 e. The Balaban J connectivity index is 1.57. The fourth-order valence-electron chi connectivity index (χ4n) is 3.64. The van der Waals surface area contributed by atoms with Gasteiger partial charge in [0.05, 0.1) is 12.6 Å². The van der Waals surface area contributed by atoms with Crippen LogP contribution in [0.4, 0.5) is 0 Å². The smallest absolute Gasteiger partial charge is 0.161 e. The molecule has 1 saturated carbocycles. The van der Waals surface area contributed by atoms with Crippen LogP contribution < -0.4 is 14.8 Å².